The van der Waals surface area contributed by atoms with Crippen molar-refractivity contribution in [2.45, 2.75) is 26.7 Å². The molecular weight excluding hydrogens is 240 g/mol. The van der Waals surface area contributed by atoms with Gasteiger partial charge in [-0.3, -0.25) is 0 Å². The first-order chi connectivity index (χ1) is 9.20. The van der Waals surface area contributed by atoms with Crippen LogP contribution in [0.4, 0.5) is 0 Å². The molecule has 5 heteroatoms. The maximum atomic E-state index is 6.10. The molecule has 96 valence electrons. The molecule has 0 amide bonds. The average molecular weight is 254 g/mol. The normalized spacial score (nSPS) is 11.3. The Morgan fingerprint density at radius 1 is 1.37 bits per heavy atom. The van der Waals surface area contributed by atoms with Gasteiger partial charge < -0.3 is 8.98 Å². The summed E-state index contributed by atoms with van der Waals surface area (Å²) in [4.78, 5) is 4.60. The van der Waals surface area contributed by atoms with Crippen LogP contribution in [0.3, 0.4) is 0 Å². The van der Waals surface area contributed by atoms with E-state index < -0.39 is 0 Å². The van der Waals surface area contributed by atoms with Gasteiger partial charge in [0.15, 0.2) is 0 Å². The molecule has 0 saturated carbocycles. The van der Waals surface area contributed by atoms with Crippen molar-refractivity contribution in [3.8, 4) is 11.5 Å². The Balaban J connectivity index is 2.22. The van der Waals surface area contributed by atoms with Crippen molar-refractivity contribution in [2.75, 3.05) is 0 Å². The van der Waals surface area contributed by atoms with Crippen LogP contribution in [0.1, 0.15) is 24.7 Å². The minimum atomic E-state index is 0.489. The number of imidazole rings is 1. The molecule has 0 N–H and O–H groups in total. The summed E-state index contributed by atoms with van der Waals surface area (Å²) in [5.74, 6) is 1.38. The van der Waals surface area contributed by atoms with Crippen molar-refractivity contribution in [3.05, 3.63) is 37.0 Å². The highest BCUT2D eigenvalue weighted by atomic mass is 16.4. The Hall–Kier alpha value is -2.17. The van der Waals surface area contributed by atoms with E-state index in [9.17, 15) is 0 Å². The summed E-state index contributed by atoms with van der Waals surface area (Å²) in [6.45, 7) is 4.11. The van der Waals surface area contributed by atoms with E-state index in [4.69, 9.17) is 11.5 Å². The number of rotatable bonds is 3. The molecule has 0 aliphatic heterocycles. The Labute approximate surface area is 111 Å². The number of hydrogen-bond acceptors (Lipinski definition) is 4. The highest BCUT2D eigenvalue weighted by molar-refractivity contribution is 5.84. The van der Waals surface area contributed by atoms with Crippen LogP contribution in [0.2, 0.25) is 0 Å². The molecular formula is C14H14N4O. The van der Waals surface area contributed by atoms with Gasteiger partial charge in [0.25, 0.3) is 0 Å². The number of aryl methyl sites for hydroxylation is 2. The Bertz CT molecular complexity index is 713. The predicted molar refractivity (Wildman–Crippen MR) is 71.5 cm³/mol. The molecule has 2 heterocycles. The van der Waals surface area contributed by atoms with E-state index in [-0.39, 0.29) is 0 Å². The molecule has 2 radical (unpaired) electrons. The molecule has 0 fully saturated rings. The number of nitrogens with zero attached hydrogens (tertiary/aromatic N) is 4. The quantitative estimate of drug-likeness (QED) is 0.721. The minimum Gasteiger partial charge on any atom is -0.423 e. The summed E-state index contributed by atoms with van der Waals surface area (Å²) in [7, 11) is 6.10. The lowest BCUT2D eigenvalue weighted by Gasteiger charge is -2.02. The van der Waals surface area contributed by atoms with Crippen molar-refractivity contribution in [3.63, 3.8) is 0 Å². The third-order valence-electron chi connectivity index (χ3n) is 3.14. The second kappa shape index (κ2) is 4.50. The molecule has 3 rings (SSSR count). The number of benzene rings is 1. The van der Waals surface area contributed by atoms with E-state index in [1.807, 2.05) is 19.1 Å². The molecule has 0 aliphatic rings. The van der Waals surface area contributed by atoms with Gasteiger partial charge in [-0.2, -0.15) is 0 Å². The van der Waals surface area contributed by atoms with Crippen LogP contribution in [0, 0.1) is 14.0 Å². The van der Waals surface area contributed by atoms with E-state index in [1.165, 1.54) is 6.39 Å². The molecule has 0 saturated heterocycles. The van der Waals surface area contributed by atoms with Gasteiger partial charge in [-0.15, -0.1) is 10.2 Å². The van der Waals surface area contributed by atoms with Gasteiger partial charge in [0.2, 0.25) is 12.3 Å². The van der Waals surface area contributed by atoms with Crippen molar-refractivity contribution in [1.29, 1.82) is 0 Å². The lowest BCUT2D eigenvalue weighted by atomic mass is 10.1. The van der Waals surface area contributed by atoms with Crippen molar-refractivity contribution < 1.29 is 4.42 Å². The molecule has 0 spiro atoms. The second-order valence-corrected chi connectivity index (χ2v) is 4.55. The number of hydrogen-bond donors (Lipinski definition) is 0. The minimum absolute atomic E-state index is 0.489. The first-order valence-electron chi connectivity index (χ1n) is 6.24. The van der Waals surface area contributed by atoms with Gasteiger partial charge in [0, 0.05) is 12.0 Å². The van der Waals surface area contributed by atoms with Crippen molar-refractivity contribution in [1.82, 2.24) is 19.7 Å². The maximum absolute atomic E-state index is 6.10. The standard InChI is InChI=1S/C14H14N4O/c1-4-5-12-16-13-9(2)6-10(7-11(13)18(12)3)14-17-15-8-19-14/h3,6-8H,4-5H2,1-2H3. The fraction of sp³-hybridized carbons (Fsp3) is 0.286. The maximum Gasteiger partial charge on any atom is 0.247 e. The molecule has 3 aromatic rings. The first kappa shape index (κ1) is 11.9. The molecule has 5 nitrogen and oxygen atoms in total. The van der Waals surface area contributed by atoms with E-state index in [0.717, 1.165) is 40.8 Å². The second-order valence-electron chi connectivity index (χ2n) is 4.55. The molecule has 1 aromatic carbocycles. The fourth-order valence-electron chi connectivity index (χ4n) is 2.23. The van der Waals surface area contributed by atoms with Gasteiger partial charge in [-0.25, -0.2) is 4.98 Å². The third kappa shape index (κ3) is 1.91. The lowest BCUT2D eigenvalue weighted by molar-refractivity contribution is 0.568. The highest BCUT2D eigenvalue weighted by Crippen LogP contribution is 2.26. The summed E-state index contributed by atoms with van der Waals surface area (Å²) in [5.41, 5.74) is 3.72. The third-order valence-corrected chi connectivity index (χ3v) is 3.14. The van der Waals surface area contributed by atoms with Gasteiger partial charge in [0.05, 0.1) is 18.1 Å². The van der Waals surface area contributed by atoms with Gasteiger partial charge in [-0.1, -0.05) is 6.92 Å². The Morgan fingerprint density at radius 3 is 2.89 bits per heavy atom. The van der Waals surface area contributed by atoms with E-state index in [2.05, 4.69) is 22.1 Å². The summed E-state index contributed by atoms with van der Waals surface area (Å²) >= 11 is 0. The van der Waals surface area contributed by atoms with Gasteiger partial charge >= 0.3 is 0 Å². The molecule has 19 heavy (non-hydrogen) atoms. The molecule has 0 atom stereocenters. The predicted octanol–water partition coefficient (Wildman–Crippen LogP) is 2.86. The topological polar surface area (TPSA) is 56.7 Å². The summed E-state index contributed by atoms with van der Waals surface area (Å²) in [6.07, 6.45) is 3.19. The zero-order valence-corrected chi connectivity index (χ0v) is 10.9. The fourth-order valence-corrected chi connectivity index (χ4v) is 2.23. The van der Waals surface area contributed by atoms with E-state index in [0.29, 0.717) is 5.89 Å². The van der Waals surface area contributed by atoms with E-state index in [1.54, 1.807) is 4.57 Å². The smallest absolute Gasteiger partial charge is 0.247 e. The monoisotopic (exact) mass is 254 g/mol. The highest BCUT2D eigenvalue weighted by Gasteiger charge is 2.13. The van der Waals surface area contributed by atoms with Crippen LogP contribution in [0.15, 0.2) is 22.9 Å². The first-order valence-corrected chi connectivity index (χ1v) is 6.24. The number of aromatic nitrogens is 4. The van der Waals surface area contributed by atoms with Gasteiger partial charge in [0.1, 0.15) is 5.82 Å². The summed E-state index contributed by atoms with van der Waals surface area (Å²) in [5, 5.41) is 7.62. The zero-order chi connectivity index (χ0) is 13.4. The molecule has 2 aromatic heterocycles. The zero-order valence-electron chi connectivity index (χ0n) is 10.9. The van der Waals surface area contributed by atoms with Crippen LogP contribution < -0.4 is 0 Å². The van der Waals surface area contributed by atoms with Crippen molar-refractivity contribution >= 4 is 11.0 Å². The lowest BCUT2D eigenvalue weighted by Crippen LogP contribution is -1.94. The van der Waals surface area contributed by atoms with Crippen LogP contribution in [-0.4, -0.2) is 19.7 Å². The SMILES string of the molecule is [CH]n1c(CCC)nc2c(C)cc(-c3nnco3)cc21. The van der Waals surface area contributed by atoms with Crippen LogP contribution in [0.5, 0.6) is 0 Å². The number of fused-ring (bicyclic) bond motifs is 1. The summed E-state index contributed by atoms with van der Waals surface area (Å²) in [6, 6.07) is 3.92. The van der Waals surface area contributed by atoms with Crippen LogP contribution in [0.25, 0.3) is 22.5 Å². The van der Waals surface area contributed by atoms with Gasteiger partial charge in [-0.05, 0) is 31.0 Å². The van der Waals surface area contributed by atoms with Crippen LogP contribution in [-0.2, 0) is 6.42 Å². The Kier molecular flexibility index (Phi) is 2.81. The van der Waals surface area contributed by atoms with Crippen LogP contribution >= 0.6 is 0 Å². The average Bonchev–Trinajstić information content (AvgIpc) is 3.01. The molecule has 0 unspecified atom stereocenters. The summed E-state index contributed by atoms with van der Waals surface area (Å²) < 4.78 is 6.87. The molecule has 0 aliphatic carbocycles. The van der Waals surface area contributed by atoms with Crippen molar-refractivity contribution in [2.24, 2.45) is 0 Å². The van der Waals surface area contributed by atoms with E-state index >= 15 is 0 Å². The largest absolute Gasteiger partial charge is 0.423 e. The molecule has 0 bridgehead atoms. The Morgan fingerprint density at radius 2 is 2.21 bits per heavy atom.